The number of carboxylic acid groups (broad SMARTS) is 1. The Morgan fingerprint density at radius 3 is 2.50 bits per heavy atom. The van der Waals surface area contributed by atoms with E-state index in [2.05, 4.69) is 0 Å². The molecule has 2 rings (SSSR count). The van der Waals surface area contributed by atoms with Gasteiger partial charge in [-0.05, 0) is 63.4 Å². The summed E-state index contributed by atoms with van der Waals surface area (Å²) < 4.78 is 0. The zero-order chi connectivity index (χ0) is 20.5. The van der Waals surface area contributed by atoms with Crippen molar-refractivity contribution in [3.63, 3.8) is 0 Å². The largest absolute Gasteiger partial charge is 0.481 e. The first-order valence-electron chi connectivity index (χ1n) is 10.4. The molecule has 28 heavy (non-hydrogen) atoms. The van der Waals surface area contributed by atoms with Gasteiger partial charge in [-0.15, -0.1) is 0 Å². The van der Waals surface area contributed by atoms with Crippen LogP contribution in [0.25, 0.3) is 0 Å². The van der Waals surface area contributed by atoms with Gasteiger partial charge in [0.05, 0.1) is 24.2 Å². The quantitative estimate of drug-likeness (QED) is 0.435. The summed E-state index contributed by atoms with van der Waals surface area (Å²) in [7, 11) is 0. The average molecular weight is 391 g/mol. The third kappa shape index (κ3) is 6.43. The number of rotatable bonds is 11. The van der Waals surface area contributed by atoms with Gasteiger partial charge in [-0.25, -0.2) is 0 Å². The van der Waals surface area contributed by atoms with Crippen molar-refractivity contribution >= 4 is 5.97 Å². The highest BCUT2D eigenvalue weighted by molar-refractivity contribution is 5.70. The Hall–Kier alpha value is -1.69. The normalized spacial score (nSPS) is 27.1. The summed E-state index contributed by atoms with van der Waals surface area (Å²) in [5.74, 6) is -2.38. The summed E-state index contributed by atoms with van der Waals surface area (Å²) >= 11 is 0. The highest BCUT2D eigenvalue weighted by atomic mass is 16.4. The van der Waals surface area contributed by atoms with Gasteiger partial charge in [0.2, 0.25) is 0 Å². The van der Waals surface area contributed by atoms with Crippen LogP contribution in [0.2, 0.25) is 0 Å². The van der Waals surface area contributed by atoms with Crippen molar-refractivity contribution in [3.8, 4) is 0 Å². The smallest absolute Gasteiger partial charge is 0.306 e. The molecule has 0 radical (unpaired) electrons. The topological polar surface area (TPSA) is 98.0 Å². The van der Waals surface area contributed by atoms with Gasteiger partial charge in [0.25, 0.3) is 0 Å². The zero-order valence-corrected chi connectivity index (χ0v) is 16.7. The number of benzene rings is 1. The van der Waals surface area contributed by atoms with Gasteiger partial charge in [0.1, 0.15) is 0 Å². The van der Waals surface area contributed by atoms with E-state index >= 15 is 0 Å². The summed E-state index contributed by atoms with van der Waals surface area (Å²) in [6.07, 6.45) is 5.51. The van der Waals surface area contributed by atoms with Crippen LogP contribution in [0.1, 0.15) is 51.0 Å². The highest BCUT2D eigenvalue weighted by Gasteiger charge is 2.47. The molecule has 1 aliphatic carbocycles. The van der Waals surface area contributed by atoms with E-state index in [9.17, 15) is 25.2 Å². The molecule has 1 aromatic rings. The molecule has 1 saturated carbocycles. The van der Waals surface area contributed by atoms with Crippen LogP contribution in [0.15, 0.2) is 42.5 Å². The van der Waals surface area contributed by atoms with Crippen LogP contribution in [0.4, 0.5) is 0 Å². The number of hydrogen-bond acceptors (Lipinski definition) is 4. The Bertz CT molecular complexity index is 615. The predicted molar refractivity (Wildman–Crippen MR) is 109 cm³/mol. The number of aliphatic carboxylic acids is 1. The van der Waals surface area contributed by atoms with E-state index in [4.69, 9.17) is 0 Å². The molecular weight excluding hydrogens is 356 g/mol. The first-order chi connectivity index (χ1) is 13.4. The van der Waals surface area contributed by atoms with Crippen molar-refractivity contribution in [3.05, 3.63) is 48.0 Å². The lowest BCUT2D eigenvalue weighted by molar-refractivity contribution is -0.146. The summed E-state index contributed by atoms with van der Waals surface area (Å²) in [6, 6.07) is 9.97. The van der Waals surface area contributed by atoms with E-state index in [0.717, 1.165) is 6.42 Å². The van der Waals surface area contributed by atoms with E-state index in [0.29, 0.717) is 32.1 Å². The molecule has 1 aliphatic rings. The molecule has 0 aromatic heterocycles. The second-order valence-corrected chi connectivity index (χ2v) is 7.96. The van der Waals surface area contributed by atoms with Crippen molar-refractivity contribution < 1.29 is 25.2 Å². The molecule has 0 spiro atoms. The van der Waals surface area contributed by atoms with E-state index in [1.54, 1.807) is 0 Å². The van der Waals surface area contributed by atoms with Crippen molar-refractivity contribution in [2.75, 3.05) is 0 Å². The monoisotopic (exact) mass is 390 g/mol. The van der Waals surface area contributed by atoms with Crippen molar-refractivity contribution in [1.29, 1.82) is 0 Å². The van der Waals surface area contributed by atoms with Crippen molar-refractivity contribution in [2.45, 2.75) is 70.2 Å². The second-order valence-electron chi connectivity index (χ2n) is 7.96. The Balaban J connectivity index is 1.93. The lowest BCUT2D eigenvalue weighted by Crippen LogP contribution is -2.34. The Labute approximate surface area is 167 Å². The predicted octanol–water partition coefficient (Wildman–Crippen LogP) is 3.18. The van der Waals surface area contributed by atoms with E-state index in [1.165, 1.54) is 5.56 Å². The van der Waals surface area contributed by atoms with Crippen LogP contribution < -0.4 is 0 Å². The molecule has 4 N–H and O–H groups in total. The molecule has 5 heteroatoms. The minimum Gasteiger partial charge on any atom is -0.481 e. The molecule has 0 saturated heterocycles. The van der Waals surface area contributed by atoms with Crippen LogP contribution in [-0.4, -0.2) is 44.7 Å². The maximum atomic E-state index is 11.8. The SMILES string of the molecule is CC=CCCC(C(=O)O)[C@H]1[C@@H](CC[C@@H](O)CCc2ccccc2)[C@H](O)C[C@@H]1O. The lowest BCUT2D eigenvalue weighted by atomic mass is 9.77. The Kier molecular flexibility index (Phi) is 9.16. The number of carboxylic acids is 1. The maximum Gasteiger partial charge on any atom is 0.306 e. The minimum absolute atomic E-state index is 0.211. The number of aryl methyl sites for hydroxylation is 1. The van der Waals surface area contributed by atoms with Gasteiger partial charge in [-0.3, -0.25) is 4.79 Å². The Morgan fingerprint density at radius 1 is 1.14 bits per heavy atom. The molecule has 1 unspecified atom stereocenters. The molecule has 0 amide bonds. The van der Waals surface area contributed by atoms with Gasteiger partial charge in [-0.1, -0.05) is 42.5 Å². The molecule has 0 aliphatic heterocycles. The second kappa shape index (κ2) is 11.3. The summed E-state index contributed by atoms with van der Waals surface area (Å²) in [5, 5.41) is 40.9. The fraction of sp³-hybridized carbons (Fsp3) is 0.609. The van der Waals surface area contributed by atoms with Crippen molar-refractivity contribution in [2.24, 2.45) is 17.8 Å². The minimum atomic E-state index is -0.919. The van der Waals surface area contributed by atoms with E-state index in [1.807, 2.05) is 49.4 Å². The average Bonchev–Trinajstić information content (AvgIpc) is 2.95. The number of carbonyl (C=O) groups is 1. The highest BCUT2D eigenvalue weighted by Crippen LogP contribution is 2.42. The van der Waals surface area contributed by atoms with Gasteiger partial charge in [0.15, 0.2) is 0 Å². The molecule has 1 fully saturated rings. The summed E-state index contributed by atoms with van der Waals surface area (Å²) in [6.45, 7) is 1.89. The first kappa shape index (κ1) is 22.6. The van der Waals surface area contributed by atoms with Crippen LogP contribution in [-0.2, 0) is 11.2 Å². The summed E-state index contributed by atoms with van der Waals surface area (Å²) in [4.78, 5) is 11.8. The molecule has 5 nitrogen and oxygen atoms in total. The fourth-order valence-corrected chi connectivity index (χ4v) is 4.50. The Morgan fingerprint density at radius 2 is 1.86 bits per heavy atom. The molecule has 156 valence electrons. The number of aliphatic hydroxyl groups is 3. The first-order valence-corrected chi connectivity index (χ1v) is 10.4. The molecule has 1 aromatic carbocycles. The maximum absolute atomic E-state index is 11.8. The summed E-state index contributed by atoms with van der Waals surface area (Å²) in [5.41, 5.74) is 1.17. The molecule has 0 bridgehead atoms. The lowest BCUT2D eigenvalue weighted by Gasteiger charge is -2.29. The van der Waals surface area contributed by atoms with Crippen LogP contribution >= 0.6 is 0 Å². The van der Waals surface area contributed by atoms with Crippen LogP contribution in [0, 0.1) is 17.8 Å². The van der Waals surface area contributed by atoms with Gasteiger partial charge in [-0.2, -0.15) is 0 Å². The van der Waals surface area contributed by atoms with Gasteiger partial charge < -0.3 is 20.4 Å². The zero-order valence-electron chi connectivity index (χ0n) is 16.7. The number of allylic oxidation sites excluding steroid dienone is 2. The van der Waals surface area contributed by atoms with E-state index < -0.39 is 36.1 Å². The standard InChI is InChI=1S/C23H34O5/c1-2-3-5-10-19(23(27)28)22-18(20(25)15-21(22)26)14-13-17(24)12-11-16-8-6-4-7-9-16/h2-4,6-9,17-22,24-26H,5,10-15H2,1H3,(H,27,28)/t17-,18-,19?,20+,21-,22+/m0/s1. The van der Waals surface area contributed by atoms with Crippen LogP contribution in [0.5, 0.6) is 0 Å². The molecular formula is C23H34O5. The number of hydrogen-bond donors (Lipinski definition) is 4. The number of aliphatic hydroxyl groups excluding tert-OH is 3. The van der Waals surface area contributed by atoms with Crippen molar-refractivity contribution in [1.82, 2.24) is 0 Å². The third-order valence-electron chi connectivity index (χ3n) is 6.02. The fourth-order valence-electron chi connectivity index (χ4n) is 4.50. The van der Waals surface area contributed by atoms with E-state index in [-0.39, 0.29) is 12.3 Å². The van der Waals surface area contributed by atoms with Gasteiger partial charge >= 0.3 is 5.97 Å². The van der Waals surface area contributed by atoms with Crippen LogP contribution in [0.3, 0.4) is 0 Å². The third-order valence-corrected chi connectivity index (χ3v) is 6.02. The molecule has 6 atom stereocenters. The van der Waals surface area contributed by atoms with Gasteiger partial charge in [0, 0.05) is 5.92 Å². The molecule has 0 heterocycles.